The molecule has 0 radical (unpaired) electrons. The van der Waals surface area contributed by atoms with Gasteiger partial charge in [-0.1, -0.05) is 20.8 Å². The molecule has 262 valence electrons. The minimum Gasteiger partial charge on any atom is -0.457 e. The fourth-order valence-corrected chi connectivity index (χ4v) is 13.1. The summed E-state index contributed by atoms with van der Waals surface area (Å²) < 4.78 is 25.4. The predicted octanol–water partition coefficient (Wildman–Crippen LogP) is 4.29. The van der Waals surface area contributed by atoms with E-state index in [-0.39, 0.29) is 60.7 Å². The van der Waals surface area contributed by atoms with Crippen molar-refractivity contribution in [2.75, 3.05) is 32.9 Å². The van der Waals surface area contributed by atoms with Gasteiger partial charge >= 0.3 is 5.97 Å². The van der Waals surface area contributed by atoms with Crippen LogP contribution in [0, 0.1) is 45.3 Å². The highest BCUT2D eigenvalue weighted by molar-refractivity contribution is 5.66. The van der Waals surface area contributed by atoms with E-state index in [0.717, 1.165) is 31.6 Å². The van der Waals surface area contributed by atoms with E-state index in [9.17, 15) is 20.1 Å². The molecule has 0 aromatic rings. The van der Waals surface area contributed by atoms with Crippen LogP contribution in [0.1, 0.15) is 106 Å². The zero-order chi connectivity index (χ0) is 32.9. The number of fused-ring (bicyclic) bond motifs is 4. The Hall–Kier alpha value is -0.810. The van der Waals surface area contributed by atoms with Crippen molar-refractivity contribution in [1.29, 1.82) is 0 Å². The van der Waals surface area contributed by atoms with Gasteiger partial charge in [-0.3, -0.25) is 9.69 Å². The first-order valence-electron chi connectivity index (χ1n) is 18.5. The maximum absolute atomic E-state index is 11.9. The molecule has 2 saturated heterocycles. The number of morpholine rings is 1. The summed E-state index contributed by atoms with van der Waals surface area (Å²) in [6.45, 7) is 14.1. The van der Waals surface area contributed by atoms with Crippen molar-refractivity contribution in [2.24, 2.45) is 45.3 Å². The highest BCUT2D eigenvalue weighted by Gasteiger charge is 2.80. The van der Waals surface area contributed by atoms with Gasteiger partial charge in [0.1, 0.15) is 0 Å². The molecule has 0 amide bonds. The molecule has 3 N–H and O–H groups in total. The largest absolute Gasteiger partial charge is 0.457 e. The third kappa shape index (κ3) is 5.07. The number of ether oxygens (including phenoxy) is 4. The van der Waals surface area contributed by atoms with Gasteiger partial charge in [0.05, 0.1) is 56.3 Å². The summed E-state index contributed by atoms with van der Waals surface area (Å²) >= 11 is 0. The minimum atomic E-state index is -1.15. The molecule has 9 heteroatoms. The summed E-state index contributed by atoms with van der Waals surface area (Å²) in [5.41, 5.74) is 0.0399. The predicted molar refractivity (Wildman–Crippen MR) is 172 cm³/mol. The lowest BCUT2D eigenvalue weighted by Gasteiger charge is -2.60. The van der Waals surface area contributed by atoms with Gasteiger partial charge < -0.3 is 34.3 Å². The number of aliphatic hydroxyl groups is 3. The number of rotatable bonds is 8. The monoisotopic (exact) mass is 647 g/mol. The van der Waals surface area contributed by atoms with Crippen molar-refractivity contribution in [3.05, 3.63) is 0 Å². The Morgan fingerprint density at radius 1 is 0.978 bits per heavy atom. The van der Waals surface area contributed by atoms with Crippen molar-refractivity contribution in [1.82, 2.24) is 4.90 Å². The van der Waals surface area contributed by atoms with E-state index in [1.165, 1.54) is 45.4 Å². The second kappa shape index (κ2) is 11.6. The van der Waals surface area contributed by atoms with E-state index >= 15 is 0 Å². The van der Waals surface area contributed by atoms with Crippen LogP contribution < -0.4 is 0 Å². The van der Waals surface area contributed by atoms with Crippen LogP contribution in [0.2, 0.25) is 0 Å². The third-order valence-electron chi connectivity index (χ3n) is 15.2. The fraction of sp³-hybridized carbons (Fsp3) is 0.973. The second-order valence-corrected chi connectivity index (χ2v) is 18.0. The van der Waals surface area contributed by atoms with Crippen LogP contribution in [0.3, 0.4) is 0 Å². The first kappa shape index (κ1) is 33.7. The lowest BCUT2D eigenvalue weighted by atomic mass is 9.46. The van der Waals surface area contributed by atoms with Crippen LogP contribution in [-0.4, -0.2) is 101 Å². The molecule has 5 aliphatic carbocycles. The number of esters is 1. The average molecular weight is 648 g/mol. The van der Waals surface area contributed by atoms with Gasteiger partial charge in [0.2, 0.25) is 0 Å². The maximum atomic E-state index is 11.9. The molecule has 7 fully saturated rings. The van der Waals surface area contributed by atoms with E-state index in [4.69, 9.17) is 18.9 Å². The molecule has 46 heavy (non-hydrogen) atoms. The van der Waals surface area contributed by atoms with Crippen LogP contribution >= 0.6 is 0 Å². The molecule has 2 heterocycles. The maximum Gasteiger partial charge on any atom is 0.303 e. The molecule has 0 aromatic carbocycles. The first-order chi connectivity index (χ1) is 21.7. The van der Waals surface area contributed by atoms with Crippen molar-refractivity contribution in [3.8, 4) is 0 Å². The molecule has 9 unspecified atom stereocenters. The number of carbonyl (C=O) groups excluding carboxylic acids is 1. The Balaban J connectivity index is 1.05. The van der Waals surface area contributed by atoms with E-state index in [1.807, 2.05) is 0 Å². The van der Waals surface area contributed by atoms with Crippen LogP contribution in [0.4, 0.5) is 0 Å². The lowest BCUT2D eigenvalue weighted by Crippen LogP contribution is -2.57. The van der Waals surface area contributed by atoms with Gasteiger partial charge in [0, 0.05) is 13.5 Å². The normalized spacial score (nSPS) is 47.2. The third-order valence-corrected chi connectivity index (χ3v) is 15.2. The standard InChI is InChI=1S/C37H61NO8/c1-22(41)44-32(34(4,5)42)27-9-7-25-28(45-27)17-26-24-8-10-29-33(2,3)30(46-31-18-38(15-16-43-31)23(19-39)20-40)11-12-37(29)21-36(24,37)14-13-35(25,26)6/h23-32,39-40,42H,7-21H2,1-6H3/t24?,25?,26?,27?,28?,29?,30-,31?,32-,35?,36-,37?/m0/s1. The van der Waals surface area contributed by atoms with Gasteiger partial charge in [-0.05, 0) is 123 Å². The van der Waals surface area contributed by atoms with Crippen LogP contribution in [0.25, 0.3) is 0 Å². The van der Waals surface area contributed by atoms with E-state index in [2.05, 4.69) is 25.7 Å². The summed E-state index contributed by atoms with van der Waals surface area (Å²) in [6.07, 6.45) is 10.9. The summed E-state index contributed by atoms with van der Waals surface area (Å²) in [4.78, 5) is 14.1. The molecule has 0 bridgehead atoms. The van der Waals surface area contributed by atoms with E-state index < -0.39 is 11.7 Å². The topological polar surface area (TPSA) is 118 Å². The first-order valence-corrected chi connectivity index (χ1v) is 18.5. The Labute approximate surface area is 276 Å². The zero-order valence-corrected chi connectivity index (χ0v) is 29.2. The quantitative estimate of drug-likeness (QED) is 0.332. The Kier molecular flexibility index (Phi) is 8.51. The molecule has 2 aliphatic heterocycles. The van der Waals surface area contributed by atoms with Gasteiger partial charge in [-0.2, -0.15) is 0 Å². The van der Waals surface area contributed by atoms with Crippen LogP contribution in [0.15, 0.2) is 0 Å². The van der Waals surface area contributed by atoms with Gasteiger partial charge in [0.25, 0.3) is 0 Å². The highest BCUT2D eigenvalue weighted by Crippen LogP contribution is 2.87. The second-order valence-electron chi connectivity index (χ2n) is 18.0. The minimum absolute atomic E-state index is 0.0509. The molecular formula is C37H61NO8. The number of nitrogens with zero attached hydrogens (tertiary/aromatic N) is 1. The Morgan fingerprint density at radius 3 is 2.41 bits per heavy atom. The fourth-order valence-electron chi connectivity index (χ4n) is 13.1. The van der Waals surface area contributed by atoms with Crippen molar-refractivity contribution < 1.29 is 39.1 Å². The van der Waals surface area contributed by atoms with Gasteiger partial charge in [-0.25, -0.2) is 0 Å². The Morgan fingerprint density at radius 2 is 1.72 bits per heavy atom. The lowest BCUT2D eigenvalue weighted by molar-refractivity contribution is -0.249. The summed E-state index contributed by atoms with van der Waals surface area (Å²) in [7, 11) is 0. The van der Waals surface area contributed by atoms with E-state index in [1.54, 1.807) is 13.8 Å². The number of hydrogen-bond acceptors (Lipinski definition) is 9. The molecule has 5 saturated carbocycles. The summed E-state index contributed by atoms with van der Waals surface area (Å²) in [5.74, 6) is 2.21. The number of aliphatic hydroxyl groups excluding tert-OH is 2. The SMILES string of the molecule is CC(=O)O[C@@H](C1CCC2C(CC3C4CCC5C(C)(C)[C@@H](OC6CN(C(CO)CO)CCO6)CCC56C[C@@]46CCC23C)O1)C(C)(C)O. The van der Waals surface area contributed by atoms with Gasteiger partial charge in [-0.15, -0.1) is 0 Å². The zero-order valence-electron chi connectivity index (χ0n) is 29.2. The van der Waals surface area contributed by atoms with Gasteiger partial charge in [0.15, 0.2) is 12.4 Å². The number of carbonyl (C=O) groups is 1. The molecule has 7 aliphatic rings. The average Bonchev–Trinajstić information content (AvgIpc) is 3.57. The molecule has 12 atom stereocenters. The van der Waals surface area contributed by atoms with Crippen LogP contribution in [0.5, 0.6) is 0 Å². The summed E-state index contributed by atoms with van der Waals surface area (Å²) in [6, 6.07) is -0.260. The molecule has 7 rings (SSSR count). The number of hydrogen-bond donors (Lipinski definition) is 3. The smallest absolute Gasteiger partial charge is 0.303 e. The van der Waals surface area contributed by atoms with E-state index in [0.29, 0.717) is 48.3 Å². The Bertz CT molecular complexity index is 1150. The highest BCUT2D eigenvalue weighted by atomic mass is 16.7. The molecule has 0 aromatic heterocycles. The molecular weight excluding hydrogens is 586 g/mol. The van der Waals surface area contributed by atoms with Crippen LogP contribution in [-0.2, 0) is 23.7 Å². The van der Waals surface area contributed by atoms with Crippen molar-refractivity contribution >= 4 is 5.97 Å². The summed E-state index contributed by atoms with van der Waals surface area (Å²) in [5, 5.41) is 30.4. The molecule has 2 spiro atoms. The molecule has 9 nitrogen and oxygen atoms in total. The van der Waals surface area contributed by atoms with Crippen molar-refractivity contribution in [2.45, 2.75) is 148 Å². The van der Waals surface area contributed by atoms with Crippen molar-refractivity contribution in [3.63, 3.8) is 0 Å².